The number of rotatable bonds is 6. The van der Waals surface area contributed by atoms with Crippen LogP contribution in [0.5, 0.6) is 5.75 Å². The number of likely N-dealkylation sites (N-methyl/N-ethyl adjacent to an activating group) is 1. The van der Waals surface area contributed by atoms with Crippen LogP contribution in [-0.4, -0.2) is 41.2 Å². The summed E-state index contributed by atoms with van der Waals surface area (Å²) < 4.78 is 5.94. The fourth-order valence-corrected chi connectivity index (χ4v) is 3.05. The zero-order valence-electron chi connectivity index (χ0n) is 16.8. The molecule has 0 aliphatic carbocycles. The Labute approximate surface area is 170 Å². The zero-order valence-corrected chi connectivity index (χ0v) is 16.8. The molecule has 3 rings (SSSR count). The summed E-state index contributed by atoms with van der Waals surface area (Å²) in [5, 5.41) is 0. The molecule has 0 N–H and O–H groups in total. The number of nitrogens with zero attached hydrogens (tertiary/aromatic N) is 2. The van der Waals surface area contributed by atoms with Crippen LogP contribution in [0.3, 0.4) is 0 Å². The number of ether oxygens (including phenoxy) is 1. The molecule has 29 heavy (non-hydrogen) atoms. The van der Waals surface area contributed by atoms with E-state index in [0.29, 0.717) is 24.3 Å². The molecule has 0 saturated carbocycles. The van der Waals surface area contributed by atoms with Crippen LogP contribution >= 0.6 is 0 Å². The molecule has 0 unspecified atom stereocenters. The summed E-state index contributed by atoms with van der Waals surface area (Å²) in [6.07, 6.45) is 2.11. The van der Waals surface area contributed by atoms with Crippen molar-refractivity contribution in [2.24, 2.45) is 0 Å². The number of para-hydroxylation sites is 1. The highest BCUT2D eigenvalue weighted by atomic mass is 16.5. The van der Waals surface area contributed by atoms with Crippen molar-refractivity contribution in [3.63, 3.8) is 0 Å². The summed E-state index contributed by atoms with van der Waals surface area (Å²) in [4.78, 5) is 39.6. The van der Waals surface area contributed by atoms with E-state index in [1.165, 1.54) is 18.7 Å². The second-order valence-electron chi connectivity index (χ2n) is 6.97. The molecule has 1 aliphatic rings. The van der Waals surface area contributed by atoms with Gasteiger partial charge < -0.3 is 4.74 Å². The third-order valence-corrected chi connectivity index (χ3v) is 4.71. The second kappa shape index (κ2) is 8.73. The topological polar surface area (TPSA) is 66.9 Å². The van der Waals surface area contributed by atoms with Gasteiger partial charge in [-0.3, -0.25) is 19.4 Å². The highest BCUT2D eigenvalue weighted by Crippen LogP contribution is 2.25. The number of carbonyl (C=O) groups excluding carboxylic acids is 3. The fraction of sp³-hybridized carbons (Fsp3) is 0.261. The molecular weight excluding hydrogens is 368 g/mol. The van der Waals surface area contributed by atoms with Crippen LogP contribution in [0, 0.1) is 6.92 Å². The summed E-state index contributed by atoms with van der Waals surface area (Å²) in [5.41, 5.74) is 2.74. The summed E-state index contributed by atoms with van der Waals surface area (Å²) in [6, 6.07) is 14.6. The standard InChI is InChI=1S/C23H24N2O4/c1-4-13-25-22(27)19(21(26)24(3)23(25)28)14-18-7-5-6-8-20(18)29-15-17-11-9-16(2)10-12-17/h5-12,14H,4,13,15H2,1-3H3/b19-14-. The van der Waals surface area contributed by atoms with Gasteiger partial charge in [-0.1, -0.05) is 55.0 Å². The minimum absolute atomic E-state index is 0.0491. The van der Waals surface area contributed by atoms with Gasteiger partial charge in [0.15, 0.2) is 0 Å². The average Bonchev–Trinajstić information content (AvgIpc) is 2.73. The predicted octanol–water partition coefficient (Wildman–Crippen LogP) is 3.79. The minimum Gasteiger partial charge on any atom is -0.488 e. The first-order chi connectivity index (χ1) is 13.9. The number of hydrogen-bond acceptors (Lipinski definition) is 4. The van der Waals surface area contributed by atoms with E-state index in [2.05, 4.69) is 0 Å². The van der Waals surface area contributed by atoms with Gasteiger partial charge in [0.1, 0.15) is 17.9 Å². The van der Waals surface area contributed by atoms with Gasteiger partial charge in [0.25, 0.3) is 11.8 Å². The Morgan fingerprint density at radius 3 is 2.34 bits per heavy atom. The number of imide groups is 2. The number of aryl methyl sites for hydroxylation is 1. The number of urea groups is 1. The van der Waals surface area contributed by atoms with Crippen molar-refractivity contribution in [3.8, 4) is 5.75 Å². The van der Waals surface area contributed by atoms with Gasteiger partial charge in [-0.05, 0) is 31.1 Å². The maximum atomic E-state index is 12.8. The van der Waals surface area contributed by atoms with Gasteiger partial charge in [0, 0.05) is 19.2 Å². The summed E-state index contributed by atoms with van der Waals surface area (Å²) in [6.45, 7) is 4.52. The van der Waals surface area contributed by atoms with E-state index in [4.69, 9.17) is 4.74 Å². The highest BCUT2D eigenvalue weighted by molar-refractivity contribution is 6.30. The van der Waals surface area contributed by atoms with E-state index >= 15 is 0 Å². The van der Waals surface area contributed by atoms with Crippen LogP contribution in [0.1, 0.15) is 30.0 Å². The molecule has 0 spiro atoms. The zero-order chi connectivity index (χ0) is 21.0. The van der Waals surface area contributed by atoms with Crippen molar-refractivity contribution >= 4 is 23.9 Å². The predicted molar refractivity (Wildman–Crippen MR) is 110 cm³/mol. The molecule has 4 amide bonds. The smallest absolute Gasteiger partial charge is 0.333 e. The molecule has 150 valence electrons. The Kier molecular flexibility index (Phi) is 6.12. The Balaban J connectivity index is 1.88. The minimum atomic E-state index is -0.610. The summed E-state index contributed by atoms with van der Waals surface area (Å²) >= 11 is 0. The molecule has 2 aromatic rings. The van der Waals surface area contributed by atoms with Gasteiger partial charge >= 0.3 is 6.03 Å². The Morgan fingerprint density at radius 2 is 1.66 bits per heavy atom. The van der Waals surface area contributed by atoms with E-state index in [-0.39, 0.29) is 12.1 Å². The molecule has 0 atom stereocenters. The molecule has 1 heterocycles. The largest absolute Gasteiger partial charge is 0.488 e. The number of hydrogen-bond donors (Lipinski definition) is 0. The summed E-state index contributed by atoms with van der Waals surface area (Å²) in [7, 11) is 1.38. The lowest BCUT2D eigenvalue weighted by atomic mass is 10.1. The average molecular weight is 392 g/mol. The lowest BCUT2D eigenvalue weighted by Crippen LogP contribution is -2.54. The van der Waals surface area contributed by atoms with Crippen molar-refractivity contribution in [1.82, 2.24) is 9.80 Å². The van der Waals surface area contributed by atoms with Crippen molar-refractivity contribution in [2.45, 2.75) is 26.9 Å². The van der Waals surface area contributed by atoms with Gasteiger partial charge in [-0.2, -0.15) is 0 Å². The van der Waals surface area contributed by atoms with Gasteiger partial charge in [0.2, 0.25) is 0 Å². The maximum Gasteiger partial charge on any atom is 0.333 e. The highest BCUT2D eigenvalue weighted by Gasteiger charge is 2.39. The lowest BCUT2D eigenvalue weighted by Gasteiger charge is -2.31. The molecule has 1 fully saturated rings. The second-order valence-corrected chi connectivity index (χ2v) is 6.97. The molecule has 0 radical (unpaired) electrons. The molecule has 1 aliphatic heterocycles. The molecular formula is C23H24N2O4. The van der Waals surface area contributed by atoms with Crippen LogP contribution in [0.4, 0.5) is 4.79 Å². The van der Waals surface area contributed by atoms with Crippen LogP contribution in [-0.2, 0) is 16.2 Å². The third-order valence-electron chi connectivity index (χ3n) is 4.71. The van der Waals surface area contributed by atoms with E-state index in [9.17, 15) is 14.4 Å². The third kappa shape index (κ3) is 4.37. The van der Waals surface area contributed by atoms with E-state index < -0.39 is 17.8 Å². The van der Waals surface area contributed by atoms with Crippen molar-refractivity contribution < 1.29 is 19.1 Å². The van der Waals surface area contributed by atoms with Crippen LogP contribution < -0.4 is 4.74 Å². The lowest BCUT2D eigenvalue weighted by molar-refractivity contribution is -0.135. The van der Waals surface area contributed by atoms with E-state index in [1.807, 2.05) is 50.2 Å². The first-order valence-corrected chi connectivity index (χ1v) is 9.55. The Morgan fingerprint density at radius 1 is 0.966 bits per heavy atom. The van der Waals surface area contributed by atoms with Gasteiger partial charge in [-0.25, -0.2) is 4.79 Å². The van der Waals surface area contributed by atoms with Crippen LogP contribution in [0.15, 0.2) is 54.1 Å². The maximum absolute atomic E-state index is 12.8. The quantitative estimate of drug-likeness (QED) is 0.554. The molecule has 2 aromatic carbocycles. The van der Waals surface area contributed by atoms with E-state index in [0.717, 1.165) is 15.4 Å². The molecule has 0 aromatic heterocycles. The molecule has 0 bridgehead atoms. The Bertz CT molecular complexity index is 963. The van der Waals surface area contributed by atoms with Gasteiger partial charge in [-0.15, -0.1) is 0 Å². The van der Waals surface area contributed by atoms with Crippen molar-refractivity contribution in [2.75, 3.05) is 13.6 Å². The van der Waals surface area contributed by atoms with E-state index in [1.54, 1.807) is 12.1 Å². The monoisotopic (exact) mass is 392 g/mol. The SMILES string of the molecule is CCCN1C(=O)/C(=C\c2ccccc2OCc2ccc(C)cc2)C(=O)N(C)C1=O. The first-order valence-electron chi connectivity index (χ1n) is 9.55. The Hall–Kier alpha value is -3.41. The number of amides is 4. The fourth-order valence-electron chi connectivity index (χ4n) is 3.05. The van der Waals surface area contributed by atoms with Crippen LogP contribution in [0.2, 0.25) is 0 Å². The number of carbonyl (C=O) groups is 3. The van der Waals surface area contributed by atoms with Crippen molar-refractivity contribution in [1.29, 1.82) is 0 Å². The number of barbiturate groups is 1. The normalized spacial score (nSPS) is 16.0. The molecule has 6 nitrogen and oxygen atoms in total. The van der Waals surface area contributed by atoms with Crippen molar-refractivity contribution in [3.05, 3.63) is 70.8 Å². The first kappa shape index (κ1) is 20.3. The number of benzene rings is 2. The molecule has 1 saturated heterocycles. The van der Waals surface area contributed by atoms with Crippen LogP contribution in [0.25, 0.3) is 6.08 Å². The summed E-state index contributed by atoms with van der Waals surface area (Å²) in [5.74, 6) is -0.628. The van der Waals surface area contributed by atoms with Gasteiger partial charge in [0.05, 0.1) is 0 Å². The molecule has 6 heteroatoms.